The second-order valence-corrected chi connectivity index (χ2v) is 9.22. The van der Waals surface area contributed by atoms with Crippen LogP contribution in [0.4, 0.5) is 14.5 Å². The smallest absolute Gasteiger partial charge is 0.341 e. The van der Waals surface area contributed by atoms with Gasteiger partial charge >= 0.3 is 5.97 Å². The summed E-state index contributed by atoms with van der Waals surface area (Å²) in [5.41, 5.74) is 6.96. The third kappa shape index (κ3) is 3.95. The number of aromatic nitrogens is 1. The monoisotopic (exact) mass is 448 g/mol. The molecule has 4 rings (SSSR count). The molecule has 1 fully saturated rings. The van der Waals surface area contributed by atoms with Crippen molar-refractivity contribution in [3.8, 4) is 0 Å². The van der Waals surface area contributed by atoms with Gasteiger partial charge in [0.15, 0.2) is 11.6 Å². The Morgan fingerprint density at radius 2 is 2.03 bits per heavy atom. The Balaban J connectivity index is 1.84. The van der Waals surface area contributed by atoms with Crippen molar-refractivity contribution < 1.29 is 23.5 Å². The van der Waals surface area contributed by atoms with Crippen molar-refractivity contribution in [2.24, 2.45) is 11.7 Å². The van der Waals surface area contributed by atoms with Crippen molar-refractivity contribution in [2.45, 2.75) is 45.3 Å². The van der Waals surface area contributed by atoms with Gasteiger partial charge in [0.05, 0.1) is 22.2 Å². The Labute approximate surface area is 183 Å². The first-order valence-electron chi connectivity index (χ1n) is 10.4. The molecule has 1 atom stereocenters. The molecule has 2 aromatic rings. The lowest BCUT2D eigenvalue weighted by Crippen LogP contribution is -2.33. The molecule has 1 unspecified atom stereocenters. The second kappa shape index (κ2) is 7.86. The Kier molecular flexibility index (Phi) is 5.46. The number of fused-ring (bicyclic) bond motifs is 1. The van der Waals surface area contributed by atoms with Crippen LogP contribution in [0.5, 0.6) is 0 Å². The van der Waals surface area contributed by atoms with E-state index >= 15 is 8.78 Å². The molecule has 0 radical (unpaired) electrons. The summed E-state index contributed by atoms with van der Waals surface area (Å²) in [6.45, 7) is 6.02. The summed E-state index contributed by atoms with van der Waals surface area (Å²) in [6.07, 6.45) is 4.14. The molecule has 0 amide bonds. The van der Waals surface area contributed by atoms with Crippen LogP contribution in [0, 0.1) is 17.6 Å². The number of pyridine rings is 1. The molecule has 1 aliphatic heterocycles. The zero-order chi connectivity index (χ0) is 23.4. The van der Waals surface area contributed by atoms with Crippen molar-refractivity contribution >= 4 is 22.6 Å². The standard InChI is InChI=1S/C22H26F2N4O4/c1-22(2,3)32-26-16-10-27(8-11(16)7-25)19-15(23)6-13-18(17(19)24)28(12-4-5-12)9-14(20(13)29)21(30)31/h6,9-12,26H,4-5,7-8,25H2,1-3H3,(H,30,31). The number of aromatic carboxylic acids is 1. The van der Waals surface area contributed by atoms with E-state index in [9.17, 15) is 14.7 Å². The van der Waals surface area contributed by atoms with Crippen LogP contribution in [-0.2, 0) is 4.84 Å². The highest BCUT2D eigenvalue weighted by atomic mass is 19.1. The lowest BCUT2D eigenvalue weighted by atomic mass is 10.1. The van der Waals surface area contributed by atoms with Gasteiger partial charge in [0.2, 0.25) is 5.43 Å². The summed E-state index contributed by atoms with van der Waals surface area (Å²) < 4.78 is 32.4. The SMILES string of the molecule is CC(C)(C)ONC1=CN(c2c(F)cc3c(=O)c(C(=O)O)cn(C4CC4)c3c2F)CC1CN. The van der Waals surface area contributed by atoms with E-state index in [2.05, 4.69) is 5.48 Å². The third-order valence-electron chi connectivity index (χ3n) is 5.55. The van der Waals surface area contributed by atoms with Crippen LogP contribution in [0.25, 0.3) is 10.9 Å². The van der Waals surface area contributed by atoms with Gasteiger partial charge in [-0.3, -0.25) is 15.1 Å². The number of nitrogens with one attached hydrogen (secondary N) is 1. The van der Waals surface area contributed by atoms with Crippen molar-refractivity contribution in [3.05, 3.63) is 51.6 Å². The summed E-state index contributed by atoms with van der Waals surface area (Å²) >= 11 is 0. The average molecular weight is 448 g/mol. The molecular formula is C22H26F2N4O4. The van der Waals surface area contributed by atoms with Crippen LogP contribution in [0.15, 0.2) is 29.0 Å². The highest BCUT2D eigenvalue weighted by Gasteiger charge is 2.33. The molecule has 1 aliphatic carbocycles. The molecule has 32 heavy (non-hydrogen) atoms. The van der Waals surface area contributed by atoms with E-state index in [0.717, 1.165) is 25.1 Å². The van der Waals surface area contributed by atoms with Crippen molar-refractivity contribution in [2.75, 3.05) is 18.0 Å². The molecule has 1 saturated carbocycles. The number of halogens is 2. The number of rotatable bonds is 6. The summed E-state index contributed by atoms with van der Waals surface area (Å²) in [5.74, 6) is -3.54. The summed E-state index contributed by atoms with van der Waals surface area (Å²) in [6, 6.07) is 0.788. The van der Waals surface area contributed by atoms with Gasteiger partial charge in [-0.05, 0) is 39.7 Å². The number of hydrogen-bond donors (Lipinski definition) is 3. The predicted molar refractivity (Wildman–Crippen MR) is 115 cm³/mol. The molecule has 1 aromatic heterocycles. The minimum absolute atomic E-state index is 0.0936. The van der Waals surface area contributed by atoms with Gasteiger partial charge in [-0.25, -0.2) is 13.6 Å². The Morgan fingerprint density at radius 1 is 1.34 bits per heavy atom. The zero-order valence-electron chi connectivity index (χ0n) is 18.1. The van der Waals surface area contributed by atoms with Gasteiger partial charge < -0.3 is 20.3 Å². The minimum Gasteiger partial charge on any atom is -0.477 e. The molecule has 4 N–H and O–H groups in total. The number of nitrogens with two attached hydrogens (primary N) is 1. The number of hydrogen-bond acceptors (Lipinski definition) is 6. The summed E-state index contributed by atoms with van der Waals surface area (Å²) in [4.78, 5) is 31.1. The molecule has 1 aromatic carbocycles. The van der Waals surface area contributed by atoms with E-state index in [0.29, 0.717) is 5.70 Å². The van der Waals surface area contributed by atoms with E-state index < -0.39 is 34.2 Å². The number of carboxylic acids is 1. The van der Waals surface area contributed by atoms with Crippen molar-refractivity contribution in [1.82, 2.24) is 10.0 Å². The Morgan fingerprint density at radius 3 is 2.59 bits per heavy atom. The Hall–Kier alpha value is -2.98. The van der Waals surface area contributed by atoms with Crippen molar-refractivity contribution in [3.63, 3.8) is 0 Å². The van der Waals surface area contributed by atoms with Gasteiger partial charge in [0.25, 0.3) is 0 Å². The van der Waals surface area contributed by atoms with Crippen molar-refractivity contribution in [1.29, 1.82) is 0 Å². The number of benzene rings is 1. The molecule has 172 valence electrons. The number of anilines is 1. The fraction of sp³-hybridized carbons (Fsp3) is 0.455. The highest BCUT2D eigenvalue weighted by molar-refractivity contribution is 5.94. The molecular weight excluding hydrogens is 422 g/mol. The fourth-order valence-electron chi connectivity index (χ4n) is 3.83. The van der Waals surface area contributed by atoms with Gasteiger partial charge in [-0.15, -0.1) is 0 Å². The maximum atomic E-state index is 15.8. The number of hydroxylamine groups is 1. The van der Waals surface area contributed by atoms with Gasteiger partial charge in [-0.2, -0.15) is 0 Å². The normalized spacial score (nSPS) is 18.9. The second-order valence-electron chi connectivity index (χ2n) is 9.22. The van der Waals surface area contributed by atoms with E-state index in [-0.39, 0.29) is 41.6 Å². The minimum atomic E-state index is -1.43. The topological polar surface area (TPSA) is 110 Å². The lowest BCUT2D eigenvalue weighted by Gasteiger charge is -2.22. The fourth-order valence-corrected chi connectivity index (χ4v) is 3.83. The first kappa shape index (κ1) is 22.2. The molecule has 0 bridgehead atoms. The van der Waals surface area contributed by atoms with E-state index in [1.54, 1.807) is 6.20 Å². The molecule has 2 aliphatic rings. The van der Waals surface area contributed by atoms with E-state index in [4.69, 9.17) is 10.6 Å². The summed E-state index contributed by atoms with van der Waals surface area (Å²) in [7, 11) is 0. The number of nitrogens with zero attached hydrogens (tertiary/aromatic N) is 2. The lowest BCUT2D eigenvalue weighted by molar-refractivity contribution is -0.0607. The third-order valence-corrected chi connectivity index (χ3v) is 5.55. The first-order chi connectivity index (χ1) is 15.0. The largest absolute Gasteiger partial charge is 0.477 e. The average Bonchev–Trinajstić information content (AvgIpc) is 3.46. The van der Waals surface area contributed by atoms with Gasteiger partial charge in [0, 0.05) is 37.4 Å². The summed E-state index contributed by atoms with van der Waals surface area (Å²) in [5, 5.41) is 9.07. The van der Waals surface area contributed by atoms with Gasteiger partial charge in [0.1, 0.15) is 11.3 Å². The van der Waals surface area contributed by atoms with Crippen LogP contribution in [-0.4, -0.2) is 34.3 Å². The zero-order valence-corrected chi connectivity index (χ0v) is 18.1. The number of carbonyl (C=O) groups is 1. The Bertz CT molecular complexity index is 1180. The predicted octanol–water partition coefficient (Wildman–Crippen LogP) is 2.87. The van der Waals surface area contributed by atoms with Crippen LogP contribution in [0.1, 0.15) is 50.0 Å². The van der Waals surface area contributed by atoms with Gasteiger partial charge in [-0.1, -0.05) is 0 Å². The highest BCUT2D eigenvalue weighted by Crippen LogP contribution is 2.40. The molecule has 8 nitrogen and oxygen atoms in total. The number of carboxylic acid groups (broad SMARTS) is 1. The first-order valence-corrected chi connectivity index (χ1v) is 10.4. The van der Waals surface area contributed by atoms with E-state index in [1.807, 2.05) is 20.8 Å². The maximum absolute atomic E-state index is 15.8. The van der Waals surface area contributed by atoms with Crippen LogP contribution in [0.2, 0.25) is 0 Å². The molecule has 0 saturated heterocycles. The molecule has 0 spiro atoms. The quantitative estimate of drug-likeness (QED) is 0.583. The molecule has 2 heterocycles. The van der Waals surface area contributed by atoms with Crippen LogP contribution >= 0.6 is 0 Å². The van der Waals surface area contributed by atoms with E-state index in [1.165, 1.54) is 9.47 Å². The van der Waals surface area contributed by atoms with Crippen LogP contribution < -0.4 is 21.5 Å². The van der Waals surface area contributed by atoms with Crippen LogP contribution in [0.3, 0.4) is 0 Å². The maximum Gasteiger partial charge on any atom is 0.341 e. The molecule has 10 heteroatoms.